The predicted octanol–water partition coefficient (Wildman–Crippen LogP) is 4.05. The van der Waals surface area contributed by atoms with Gasteiger partial charge in [-0.1, -0.05) is 42.5 Å². The van der Waals surface area contributed by atoms with Gasteiger partial charge in [0.2, 0.25) is 5.91 Å². The van der Waals surface area contributed by atoms with E-state index in [0.29, 0.717) is 28.6 Å². The molecule has 3 rings (SSSR count). The number of amides is 2. The minimum Gasteiger partial charge on any atom is -0.352 e. The summed E-state index contributed by atoms with van der Waals surface area (Å²) >= 11 is 12.1. The second kappa shape index (κ2) is 7.75. The van der Waals surface area contributed by atoms with Gasteiger partial charge in [0.1, 0.15) is 6.04 Å². The highest BCUT2D eigenvalue weighted by Crippen LogP contribution is 2.27. The van der Waals surface area contributed by atoms with E-state index >= 15 is 0 Å². The smallest absolute Gasteiger partial charge is 0.256 e. The van der Waals surface area contributed by atoms with E-state index in [1.807, 2.05) is 0 Å². The van der Waals surface area contributed by atoms with E-state index < -0.39 is 6.04 Å². The molecule has 1 saturated carbocycles. The van der Waals surface area contributed by atoms with Crippen LogP contribution in [-0.4, -0.2) is 35.3 Å². The lowest BCUT2D eigenvalue weighted by molar-refractivity contribution is -0.125. The molecule has 1 atom stereocenters. The van der Waals surface area contributed by atoms with Gasteiger partial charge in [0.05, 0.1) is 10.6 Å². The van der Waals surface area contributed by atoms with E-state index in [0.717, 1.165) is 32.1 Å². The Balaban J connectivity index is 1.71. The molecule has 1 aliphatic carbocycles. The number of carbonyl (C=O) groups excluding carboxylic acids is 2. The summed E-state index contributed by atoms with van der Waals surface area (Å²) in [6, 6.07) is 4.68. The lowest BCUT2D eigenvalue weighted by Crippen LogP contribution is -2.49. The van der Waals surface area contributed by atoms with Crippen LogP contribution in [0.2, 0.25) is 10.0 Å². The van der Waals surface area contributed by atoms with Gasteiger partial charge in [-0.25, -0.2) is 0 Å². The molecule has 0 bridgehead atoms. The average Bonchev–Trinajstić information content (AvgIpc) is 3.07. The Labute approximate surface area is 152 Å². The summed E-state index contributed by atoms with van der Waals surface area (Å²) in [5, 5.41) is 3.96. The lowest BCUT2D eigenvalue weighted by atomic mass is 9.95. The Kier molecular flexibility index (Phi) is 5.67. The zero-order valence-corrected chi connectivity index (χ0v) is 15.1. The molecule has 4 nitrogen and oxygen atoms in total. The van der Waals surface area contributed by atoms with Crippen LogP contribution in [0, 0.1) is 0 Å². The molecule has 0 spiro atoms. The van der Waals surface area contributed by atoms with Gasteiger partial charge in [-0.15, -0.1) is 0 Å². The second-order valence-corrected chi connectivity index (χ2v) is 7.47. The highest BCUT2D eigenvalue weighted by atomic mass is 35.5. The van der Waals surface area contributed by atoms with E-state index in [4.69, 9.17) is 23.2 Å². The van der Waals surface area contributed by atoms with Crippen LogP contribution >= 0.6 is 23.2 Å². The largest absolute Gasteiger partial charge is 0.352 e. The molecule has 130 valence electrons. The van der Waals surface area contributed by atoms with Crippen molar-refractivity contribution < 1.29 is 9.59 Å². The fourth-order valence-electron chi connectivity index (χ4n) is 3.64. The zero-order chi connectivity index (χ0) is 17.1. The highest BCUT2D eigenvalue weighted by molar-refractivity contribution is 6.35. The SMILES string of the molecule is O=C(NC1CCCCC1)C1CCCN1C(=O)c1cc(Cl)ccc1Cl. The Morgan fingerprint density at radius 2 is 1.79 bits per heavy atom. The van der Waals surface area contributed by atoms with Crippen molar-refractivity contribution in [2.24, 2.45) is 0 Å². The Morgan fingerprint density at radius 3 is 2.54 bits per heavy atom. The summed E-state index contributed by atoms with van der Waals surface area (Å²) < 4.78 is 0. The second-order valence-electron chi connectivity index (χ2n) is 6.62. The van der Waals surface area contributed by atoms with E-state index in [1.54, 1.807) is 23.1 Å². The molecular weight excluding hydrogens is 347 g/mol. The summed E-state index contributed by atoms with van der Waals surface area (Å²) in [5.41, 5.74) is 0.363. The van der Waals surface area contributed by atoms with Gasteiger partial charge in [-0.3, -0.25) is 9.59 Å². The first-order valence-corrected chi connectivity index (χ1v) is 9.38. The molecule has 1 aromatic rings. The molecule has 24 heavy (non-hydrogen) atoms. The van der Waals surface area contributed by atoms with Crippen molar-refractivity contribution in [1.29, 1.82) is 0 Å². The van der Waals surface area contributed by atoms with Gasteiger partial charge >= 0.3 is 0 Å². The minimum atomic E-state index is -0.408. The van der Waals surface area contributed by atoms with Gasteiger partial charge in [0.25, 0.3) is 5.91 Å². The molecule has 1 aromatic carbocycles. The first-order valence-electron chi connectivity index (χ1n) is 8.62. The lowest BCUT2D eigenvalue weighted by Gasteiger charge is -2.28. The molecule has 2 fully saturated rings. The molecular formula is C18H22Cl2N2O2. The van der Waals surface area contributed by atoms with Crippen molar-refractivity contribution in [3.63, 3.8) is 0 Å². The fraction of sp³-hybridized carbons (Fsp3) is 0.556. The monoisotopic (exact) mass is 368 g/mol. The van der Waals surface area contributed by atoms with Crippen LogP contribution in [-0.2, 0) is 4.79 Å². The van der Waals surface area contributed by atoms with Crippen LogP contribution in [0.4, 0.5) is 0 Å². The van der Waals surface area contributed by atoms with Crippen LogP contribution in [0.1, 0.15) is 55.3 Å². The van der Waals surface area contributed by atoms with Gasteiger partial charge < -0.3 is 10.2 Å². The maximum atomic E-state index is 12.8. The number of hydrogen-bond donors (Lipinski definition) is 1. The average molecular weight is 369 g/mol. The maximum absolute atomic E-state index is 12.8. The summed E-state index contributed by atoms with van der Waals surface area (Å²) in [5.74, 6) is -0.255. The standard InChI is InChI=1S/C18H22Cl2N2O2/c19-12-8-9-15(20)14(11-12)18(24)22-10-4-7-16(22)17(23)21-13-5-2-1-3-6-13/h8-9,11,13,16H,1-7,10H2,(H,21,23). The van der Waals surface area contributed by atoms with Crippen molar-refractivity contribution in [2.75, 3.05) is 6.54 Å². The van der Waals surface area contributed by atoms with E-state index in [1.165, 1.54) is 6.42 Å². The molecule has 0 aromatic heterocycles. The first kappa shape index (κ1) is 17.6. The topological polar surface area (TPSA) is 49.4 Å². The molecule has 1 heterocycles. The molecule has 1 N–H and O–H groups in total. The van der Waals surface area contributed by atoms with Crippen LogP contribution in [0.5, 0.6) is 0 Å². The summed E-state index contributed by atoms with van der Waals surface area (Å²) in [7, 11) is 0. The number of carbonyl (C=O) groups is 2. The number of nitrogens with zero attached hydrogens (tertiary/aromatic N) is 1. The Bertz CT molecular complexity index is 629. The van der Waals surface area contributed by atoms with Crippen molar-refractivity contribution in [1.82, 2.24) is 10.2 Å². The van der Waals surface area contributed by atoms with E-state index in [-0.39, 0.29) is 17.9 Å². The molecule has 2 amide bonds. The minimum absolute atomic E-state index is 0.0362. The van der Waals surface area contributed by atoms with Gasteiger partial charge in [0.15, 0.2) is 0 Å². The molecule has 1 aliphatic heterocycles. The van der Waals surface area contributed by atoms with Crippen molar-refractivity contribution in [3.8, 4) is 0 Å². The number of benzene rings is 1. The van der Waals surface area contributed by atoms with E-state index in [9.17, 15) is 9.59 Å². The summed E-state index contributed by atoms with van der Waals surface area (Å²) in [6.45, 7) is 0.574. The number of likely N-dealkylation sites (tertiary alicyclic amines) is 1. The summed E-state index contributed by atoms with van der Waals surface area (Å²) in [6.07, 6.45) is 7.16. The third-order valence-electron chi connectivity index (χ3n) is 4.93. The van der Waals surface area contributed by atoms with Crippen LogP contribution in [0.3, 0.4) is 0 Å². The van der Waals surface area contributed by atoms with Crippen molar-refractivity contribution >= 4 is 35.0 Å². The number of halogens is 2. The van der Waals surface area contributed by atoms with Crippen LogP contribution in [0.15, 0.2) is 18.2 Å². The van der Waals surface area contributed by atoms with Gasteiger partial charge in [-0.05, 0) is 43.9 Å². The molecule has 2 aliphatic rings. The van der Waals surface area contributed by atoms with Crippen molar-refractivity contribution in [3.05, 3.63) is 33.8 Å². The van der Waals surface area contributed by atoms with E-state index in [2.05, 4.69) is 5.32 Å². The van der Waals surface area contributed by atoms with Crippen LogP contribution in [0.25, 0.3) is 0 Å². The number of hydrogen-bond acceptors (Lipinski definition) is 2. The third kappa shape index (κ3) is 3.86. The first-order chi connectivity index (χ1) is 11.6. The van der Waals surface area contributed by atoms with Crippen LogP contribution < -0.4 is 5.32 Å². The molecule has 1 saturated heterocycles. The maximum Gasteiger partial charge on any atom is 0.256 e. The molecule has 6 heteroatoms. The Morgan fingerprint density at radius 1 is 1.04 bits per heavy atom. The fourth-order valence-corrected chi connectivity index (χ4v) is 4.01. The zero-order valence-electron chi connectivity index (χ0n) is 13.6. The summed E-state index contributed by atoms with van der Waals surface area (Å²) in [4.78, 5) is 27.1. The Hall–Kier alpha value is -1.26. The number of nitrogens with one attached hydrogen (secondary N) is 1. The van der Waals surface area contributed by atoms with Gasteiger partial charge in [-0.2, -0.15) is 0 Å². The third-order valence-corrected chi connectivity index (χ3v) is 5.49. The van der Waals surface area contributed by atoms with Crippen molar-refractivity contribution in [2.45, 2.75) is 57.0 Å². The molecule has 0 radical (unpaired) electrons. The van der Waals surface area contributed by atoms with Gasteiger partial charge in [0, 0.05) is 17.6 Å². The number of rotatable bonds is 3. The normalized spacial score (nSPS) is 21.8. The highest BCUT2D eigenvalue weighted by Gasteiger charge is 2.36. The predicted molar refractivity (Wildman–Crippen MR) is 95.5 cm³/mol. The molecule has 1 unspecified atom stereocenters. The quantitative estimate of drug-likeness (QED) is 0.874.